The molecule has 2 heteroatoms. The summed E-state index contributed by atoms with van der Waals surface area (Å²) in [6.45, 7) is 9.88. The highest BCUT2D eigenvalue weighted by molar-refractivity contribution is 5.65. The minimum Gasteiger partial charge on any atom is -0.384 e. The highest BCUT2D eigenvalue weighted by Crippen LogP contribution is 2.26. The number of hydrogen-bond acceptors (Lipinski definition) is 2. The number of nitrogens with zero attached hydrogens (tertiary/aromatic N) is 1. The molecule has 0 bridgehead atoms. The van der Waals surface area contributed by atoms with Crippen LogP contribution < -0.4 is 10.2 Å². The lowest BCUT2D eigenvalue weighted by Gasteiger charge is -2.23. The third-order valence-corrected chi connectivity index (χ3v) is 2.60. The molecule has 0 radical (unpaired) electrons. The predicted molar refractivity (Wildman–Crippen MR) is 73.5 cm³/mol. The average molecular weight is 220 g/mol. The van der Waals surface area contributed by atoms with Crippen molar-refractivity contribution in [3.05, 3.63) is 23.8 Å². The first-order valence-corrected chi connectivity index (χ1v) is 5.82. The Morgan fingerprint density at radius 2 is 1.81 bits per heavy atom. The zero-order chi connectivity index (χ0) is 12.3. The van der Waals surface area contributed by atoms with Crippen LogP contribution in [0.15, 0.2) is 18.2 Å². The molecule has 0 aromatic heterocycles. The Morgan fingerprint density at radius 1 is 1.19 bits per heavy atom. The van der Waals surface area contributed by atoms with E-state index in [-0.39, 0.29) is 0 Å². The van der Waals surface area contributed by atoms with Gasteiger partial charge in [0.05, 0.1) is 0 Å². The van der Waals surface area contributed by atoms with E-state index >= 15 is 0 Å². The van der Waals surface area contributed by atoms with Crippen molar-refractivity contribution in [1.82, 2.24) is 0 Å². The maximum atomic E-state index is 3.52. The van der Waals surface area contributed by atoms with Crippen LogP contribution in [0.2, 0.25) is 0 Å². The fraction of sp³-hybridized carbons (Fsp3) is 0.571. The maximum absolute atomic E-state index is 3.52. The molecule has 0 spiro atoms. The van der Waals surface area contributed by atoms with Gasteiger partial charge in [0.1, 0.15) is 0 Å². The summed E-state index contributed by atoms with van der Waals surface area (Å²) in [7, 11) is 4.16. The molecule has 90 valence electrons. The Balaban J connectivity index is 2.85. The van der Waals surface area contributed by atoms with Crippen molar-refractivity contribution in [3.8, 4) is 0 Å². The number of hydrogen-bond donors (Lipinski definition) is 1. The van der Waals surface area contributed by atoms with Crippen LogP contribution >= 0.6 is 0 Å². The molecule has 0 unspecified atom stereocenters. The molecule has 16 heavy (non-hydrogen) atoms. The minimum absolute atomic E-state index is 0.306. The summed E-state index contributed by atoms with van der Waals surface area (Å²) in [5.74, 6) is 0. The Bertz CT molecular complexity index is 348. The molecule has 1 rings (SSSR count). The third-order valence-electron chi connectivity index (χ3n) is 2.60. The van der Waals surface area contributed by atoms with Gasteiger partial charge in [-0.1, -0.05) is 26.8 Å². The van der Waals surface area contributed by atoms with E-state index in [9.17, 15) is 0 Å². The van der Waals surface area contributed by atoms with E-state index in [0.29, 0.717) is 5.41 Å². The molecule has 0 heterocycles. The summed E-state index contributed by atoms with van der Waals surface area (Å²) >= 11 is 0. The van der Waals surface area contributed by atoms with E-state index in [2.05, 4.69) is 70.2 Å². The van der Waals surface area contributed by atoms with Crippen molar-refractivity contribution < 1.29 is 0 Å². The van der Waals surface area contributed by atoms with E-state index < -0.39 is 0 Å². The van der Waals surface area contributed by atoms with Gasteiger partial charge in [0, 0.05) is 32.0 Å². The average Bonchev–Trinajstić information content (AvgIpc) is 2.14. The van der Waals surface area contributed by atoms with Gasteiger partial charge in [-0.15, -0.1) is 0 Å². The molecular formula is C14H24N2. The van der Waals surface area contributed by atoms with Gasteiger partial charge in [0.25, 0.3) is 0 Å². The second-order valence-electron chi connectivity index (χ2n) is 5.76. The van der Waals surface area contributed by atoms with Crippen LogP contribution in [0, 0.1) is 12.3 Å². The Morgan fingerprint density at radius 3 is 2.31 bits per heavy atom. The summed E-state index contributed by atoms with van der Waals surface area (Å²) in [5, 5.41) is 3.52. The molecular weight excluding hydrogens is 196 g/mol. The van der Waals surface area contributed by atoms with Crippen LogP contribution in [-0.2, 0) is 0 Å². The first-order valence-electron chi connectivity index (χ1n) is 5.82. The Kier molecular flexibility index (Phi) is 3.84. The number of nitrogens with one attached hydrogen (secondary N) is 1. The quantitative estimate of drug-likeness (QED) is 0.838. The van der Waals surface area contributed by atoms with Crippen molar-refractivity contribution in [2.75, 3.05) is 30.9 Å². The van der Waals surface area contributed by atoms with Gasteiger partial charge in [-0.25, -0.2) is 0 Å². The molecule has 1 aromatic rings. The zero-order valence-corrected chi connectivity index (χ0v) is 11.4. The van der Waals surface area contributed by atoms with Crippen molar-refractivity contribution >= 4 is 11.4 Å². The number of anilines is 2. The first kappa shape index (κ1) is 12.9. The van der Waals surface area contributed by atoms with Crippen LogP contribution in [0.3, 0.4) is 0 Å². The fourth-order valence-electron chi connectivity index (χ4n) is 1.66. The fourth-order valence-corrected chi connectivity index (χ4v) is 1.66. The molecule has 0 saturated carbocycles. The number of benzene rings is 1. The number of rotatable bonds is 3. The molecule has 2 nitrogen and oxygen atoms in total. The molecule has 0 amide bonds. The molecule has 0 aliphatic rings. The van der Waals surface area contributed by atoms with E-state index in [1.807, 2.05) is 0 Å². The second-order valence-corrected chi connectivity index (χ2v) is 5.76. The predicted octanol–water partition coefficient (Wildman–Crippen LogP) is 3.52. The molecule has 0 aliphatic heterocycles. The van der Waals surface area contributed by atoms with E-state index in [4.69, 9.17) is 0 Å². The standard InChI is InChI=1S/C14H24N2/c1-11-12(15-10-14(2,3)4)8-7-9-13(11)16(5)6/h7-9,15H,10H2,1-6H3. The van der Waals surface area contributed by atoms with E-state index in [1.54, 1.807) is 0 Å². The molecule has 0 aliphatic carbocycles. The maximum Gasteiger partial charge on any atom is 0.0411 e. The third kappa shape index (κ3) is 3.44. The molecule has 0 atom stereocenters. The normalized spacial score (nSPS) is 11.4. The van der Waals surface area contributed by atoms with Gasteiger partial charge in [-0.05, 0) is 30.0 Å². The largest absolute Gasteiger partial charge is 0.384 e. The van der Waals surface area contributed by atoms with Crippen LogP contribution in [0.4, 0.5) is 11.4 Å². The lowest BCUT2D eigenvalue weighted by atomic mass is 9.96. The van der Waals surface area contributed by atoms with Crippen molar-refractivity contribution in [2.24, 2.45) is 5.41 Å². The van der Waals surface area contributed by atoms with E-state index in [1.165, 1.54) is 16.9 Å². The zero-order valence-electron chi connectivity index (χ0n) is 11.4. The van der Waals surface area contributed by atoms with Crippen molar-refractivity contribution in [2.45, 2.75) is 27.7 Å². The van der Waals surface area contributed by atoms with Gasteiger partial charge < -0.3 is 10.2 Å². The Labute approximate surface area is 99.7 Å². The highest BCUT2D eigenvalue weighted by atomic mass is 15.1. The smallest absolute Gasteiger partial charge is 0.0411 e. The van der Waals surface area contributed by atoms with Crippen molar-refractivity contribution in [1.29, 1.82) is 0 Å². The molecule has 1 aromatic carbocycles. The SMILES string of the molecule is Cc1c(NCC(C)(C)C)cccc1N(C)C. The topological polar surface area (TPSA) is 15.3 Å². The molecule has 0 fully saturated rings. The Hall–Kier alpha value is -1.18. The van der Waals surface area contributed by atoms with Crippen LogP contribution in [0.25, 0.3) is 0 Å². The molecule has 0 saturated heterocycles. The lowest BCUT2D eigenvalue weighted by Crippen LogP contribution is -2.20. The second kappa shape index (κ2) is 4.77. The first-order chi connectivity index (χ1) is 7.31. The van der Waals surface area contributed by atoms with Gasteiger partial charge in [-0.2, -0.15) is 0 Å². The van der Waals surface area contributed by atoms with Crippen molar-refractivity contribution in [3.63, 3.8) is 0 Å². The summed E-state index contributed by atoms with van der Waals surface area (Å²) in [4.78, 5) is 2.15. The summed E-state index contributed by atoms with van der Waals surface area (Å²) in [6.07, 6.45) is 0. The summed E-state index contributed by atoms with van der Waals surface area (Å²) in [5.41, 5.74) is 4.14. The van der Waals surface area contributed by atoms with Crippen LogP contribution in [0.1, 0.15) is 26.3 Å². The summed E-state index contributed by atoms with van der Waals surface area (Å²) < 4.78 is 0. The van der Waals surface area contributed by atoms with E-state index in [0.717, 1.165) is 6.54 Å². The van der Waals surface area contributed by atoms with Crippen LogP contribution in [0.5, 0.6) is 0 Å². The lowest BCUT2D eigenvalue weighted by molar-refractivity contribution is 0.443. The minimum atomic E-state index is 0.306. The van der Waals surface area contributed by atoms with Gasteiger partial charge >= 0.3 is 0 Å². The van der Waals surface area contributed by atoms with Gasteiger partial charge in [-0.3, -0.25) is 0 Å². The summed E-state index contributed by atoms with van der Waals surface area (Å²) in [6, 6.07) is 6.40. The van der Waals surface area contributed by atoms with Gasteiger partial charge in [0.15, 0.2) is 0 Å². The van der Waals surface area contributed by atoms with Gasteiger partial charge in [0.2, 0.25) is 0 Å². The monoisotopic (exact) mass is 220 g/mol. The van der Waals surface area contributed by atoms with Crippen LogP contribution in [-0.4, -0.2) is 20.6 Å². The molecule has 1 N–H and O–H groups in total. The highest BCUT2D eigenvalue weighted by Gasteiger charge is 2.11.